The minimum Gasteiger partial charge on any atom is -0.354 e. The summed E-state index contributed by atoms with van der Waals surface area (Å²) in [6.45, 7) is 11.4. The summed E-state index contributed by atoms with van der Waals surface area (Å²) in [6.07, 6.45) is 6.81. The second-order valence-electron chi connectivity index (χ2n) is 5.45. The largest absolute Gasteiger partial charge is 0.354 e. The van der Waals surface area contributed by atoms with Gasteiger partial charge in [-0.25, -0.2) is 0 Å². The molecule has 0 aliphatic carbocycles. The monoisotopic (exact) mass is 221 g/mol. The Kier molecular flexibility index (Phi) is 3.95. The molecule has 0 spiro atoms. The summed E-state index contributed by atoms with van der Waals surface area (Å²) in [6, 6.07) is 0. The molecule has 16 heavy (non-hydrogen) atoms. The lowest BCUT2D eigenvalue weighted by molar-refractivity contribution is -0.116. The predicted molar refractivity (Wildman–Crippen MR) is 67.8 cm³/mol. The minimum absolute atomic E-state index is 0.124. The van der Waals surface area contributed by atoms with Crippen LogP contribution in [0.25, 0.3) is 0 Å². The fourth-order valence-electron chi connectivity index (χ4n) is 1.90. The van der Waals surface area contributed by atoms with Crippen LogP contribution in [0.5, 0.6) is 0 Å². The van der Waals surface area contributed by atoms with Crippen molar-refractivity contribution >= 4 is 5.78 Å². The Bertz CT molecular complexity index is 324. The van der Waals surface area contributed by atoms with Crippen molar-refractivity contribution < 1.29 is 4.79 Å². The highest BCUT2D eigenvalue weighted by Crippen LogP contribution is 2.33. The van der Waals surface area contributed by atoms with Crippen molar-refractivity contribution in [2.45, 2.75) is 41.0 Å². The summed E-state index contributed by atoms with van der Waals surface area (Å²) in [5, 5.41) is 0. The summed E-state index contributed by atoms with van der Waals surface area (Å²) in [5.74, 6) is 0.850. The molecule has 0 saturated carbocycles. The third kappa shape index (κ3) is 2.97. The van der Waals surface area contributed by atoms with Crippen molar-refractivity contribution in [1.29, 1.82) is 0 Å². The highest BCUT2D eigenvalue weighted by molar-refractivity contribution is 5.96. The number of rotatable bonds is 4. The number of carbonyl (C=O) groups excluding carboxylic acids is 1. The molecule has 0 fully saturated rings. The van der Waals surface area contributed by atoms with Gasteiger partial charge in [0, 0.05) is 36.4 Å². The third-order valence-electron chi connectivity index (χ3n) is 2.87. The van der Waals surface area contributed by atoms with Crippen molar-refractivity contribution in [2.75, 3.05) is 6.54 Å². The lowest BCUT2D eigenvalue weighted by atomic mass is 9.80. The van der Waals surface area contributed by atoms with Crippen LogP contribution >= 0.6 is 0 Å². The van der Waals surface area contributed by atoms with Crippen LogP contribution in [0.4, 0.5) is 0 Å². The van der Waals surface area contributed by atoms with Crippen LogP contribution in [0.2, 0.25) is 0 Å². The summed E-state index contributed by atoms with van der Waals surface area (Å²) in [7, 11) is 0. The first kappa shape index (κ1) is 13.0. The maximum Gasteiger partial charge on any atom is 0.160 e. The molecule has 0 N–H and O–H groups in total. The van der Waals surface area contributed by atoms with Crippen molar-refractivity contribution in [3.8, 4) is 0 Å². The zero-order valence-electron chi connectivity index (χ0n) is 11.1. The molecule has 0 saturated heterocycles. The first-order valence-corrected chi connectivity index (χ1v) is 6.07. The molecule has 0 amide bonds. The van der Waals surface area contributed by atoms with Gasteiger partial charge in [0.2, 0.25) is 0 Å². The smallest absolute Gasteiger partial charge is 0.160 e. The number of hydrogen-bond acceptors (Lipinski definition) is 2. The van der Waals surface area contributed by atoms with E-state index in [2.05, 4.69) is 44.9 Å². The van der Waals surface area contributed by atoms with E-state index in [1.54, 1.807) is 0 Å². The van der Waals surface area contributed by atoms with Crippen molar-refractivity contribution in [3.05, 3.63) is 24.0 Å². The van der Waals surface area contributed by atoms with Gasteiger partial charge in [0.15, 0.2) is 5.78 Å². The van der Waals surface area contributed by atoms with Crippen LogP contribution in [-0.4, -0.2) is 17.2 Å². The van der Waals surface area contributed by atoms with Gasteiger partial charge in [-0.3, -0.25) is 4.79 Å². The van der Waals surface area contributed by atoms with Crippen molar-refractivity contribution in [1.82, 2.24) is 4.90 Å². The van der Waals surface area contributed by atoms with Gasteiger partial charge >= 0.3 is 0 Å². The second-order valence-corrected chi connectivity index (χ2v) is 5.45. The first-order chi connectivity index (χ1) is 7.36. The summed E-state index contributed by atoms with van der Waals surface area (Å²) in [5.41, 5.74) is 0.804. The average molecular weight is 221 g/mol. The Balaban J connectivity index is 2.90. The molecular formula is C14H23NO. The number of carbonyl (C=O) groups is 1. The number of allylic oxidation sites excluding steroid dienone is 2. The average Bonchev–Trinajstić information content (AvgIpc) is 2.19. The fourth-order valence-corrected chi connectivity index (χ4v) is 1.90. The lowest BCUT2D eigenvalue weighted by Crippen LogP contribution is -2.28. The van der Waals surface area contributed by atoms with Gasteiger partial charge in [-0.05, 0) is 5.92 Å². The molecule has 1 aliphatic rings. The van der Waals surface area contributed by atoms with Crippen molar-refractivity contribution in [3.63, 3.8) is 0 Å². The zero-order valence-corrected chi connectivity index (χ0v) is 11.1. The van der Waals surface area contributed by atoms with Crippen LogP contribution in [-0.2, 0) is 4.79 Å². The van der Waals surface area contributed by atoms with E-state index >= 15 is 0 Å². The predicted octanol–water partition coefficient (Wildman–Crippen LogP) is 3.36. The van der Waals surface area contributed by atoms with E-state index in [0.29, 0.717) is 12.3 Å². The van der Waals surface area contributed by atoms with Gasteiger partial charge in [0.25, 0.3) is 0 Å². The van der Waals surface area contributed by atoms with Crippen LogP contribution in [0.1, 0.15) is 41.0 Å². The van der Waals surface area contributed by atoms with E-state index in [9.17, 15) is 4.79 Å². The van der Waals surface area contributed by atoms with E-state index in [1.807, 2.05) is 13.1 Å². The molecule has 90 valence electrons. The molecule has 0 unspecified atom stereocenters. The molecule has 2 nitrogen and oxygen atoms in total. The first-order valence-electron chi connectivity index (χ1n) is 6.07. The van der Waals surface area contributed by atoms with Crippen LogP contribution < -0.4 is 0 Å². The Morgan fingerprint density at radius 2 is 2.06 bits per heavy atom. The molecule has 0 aromatic carbocycles. The fraction of sp³-hybridized carbons (Fsp3) is 0.643. The van der Waals surface area contributed by atoms with Crippen LogP contribution in [0.15, 0.2) is 24.0 Å². The molecule has 1 rings (SSSR count). The van der Waals surface area contributed by atoms with E-state index < -0.39 is 0 Å². The number of ketones is 1. The van der Waals surface area contributed by atoms with Gasteiger partial charge in [-0.15, -0.1) is 0 Å². The minimum atomic E-state index is -0.124. The van der Waals surface area contributed by atoms with E-state index in [-0.39, 0.29) is 11.2 Å². The molecule has 0 atom stereocenters. The normalized spacial score (nSPS) is 18.9. The summed E-state index contributed by atoms with van der Waals surface area (Å²) in [4.78, 5) is 14.0. The van der Waals surface area contributed by atoms with E-state index in [0.717, 1.165) is 12.1 Å². The standard InChI is InChI=1S/C14H23NO/c1-6-13(16)12-10-15(9-11(2)3)8-7-14(12,4)5/h7-8,10-11H,6,9H2,1-5H3. The maximum atomic E-state index is 11.9. The van der Waals surface area contributed by atoms with Gasteiger partial charge in [0.05, 0.1) is 0 Å². The van der Waals surface area contributed by atoms with Gasteiger partial charge in [-0.2, -0.15) is 0 Å². The molecule has 1 aliphatic heterocycles. The Labute approximate surface area is 99.0 Å². The van der Waals surface area contributed by atoms with Crippen LogP contribution in [0, 0.1) is 11.3 Å². The molecule has 0 radical (unpaired) electrons. The molecule has 0 bridgehead atoms. The molecule has 0 aromatic heterocycles. The van der Waals surface area contributed by atoms with E-state index in [1.165, 1.54) is 0 Å². The highest BCUT2D eigenvalue weighted by Gasteiger charge is 2.28. The lowest BCUT2D eigenvalue weighted by Gasteiger charge is -2.32. The van der Waals surface area contributed by atoms with Gasteiger partial charge in [0.1, 0.15) is 0 Å². The zero-order chi connectivity index (χ0) is 12.3. The molecular weight excluding hydrogens is 198 g/mol. The maximum absolute atomic E-state index is 11.9. The van der Waals surface area contributed by atoms with Gasteiger partial charge in [-0.1, -0.05) is 40.7 Å². The Morgan fingerprint density at radius 1 is 1.44 bits per heavy atom. The number of hydrogen-bond donors (Lipinski definition) is 0. The van der Waals surface area contributed by atoms with Crippen molar-refractivity contribution in [2.24, 2.45) is 11.3 Å². The van der Waals surface area contributed by atoms with Crippen LogP contribution in [0.3, 0.4) is 0 Å². The summed E-state index contributed by atoms with van der Waals surface area (Å²) >= 11 is 0. The molecule has 2 heteroatoms. The molecule has 1 heterocycles. The number of Topliss-reactive ketones (excluding diaryl/α,β-unsaturated/α-hetero) is 1. The Hall–Kier alpha value is -1.05. The highest BCUT2D eigenvalue weighted by atomic mass is 16.1. The SMILES string of the molecule is CCC(=O)C1=CN(CC(C)C)C=CC1(C)C. The molecule has 0 aromatic rings. The van der Waals surface area contributed by atoms with E-state index in [4.69, 9.17) is 0 Å². The number of nitrogens with zero attached hydrogens (tertiary/aromatic N) is 1. The third-order valence-corrected chi connectivity index (χ3v) is 2.87. The quantitative estimate of drug-likeness (QED) is 0.725. The summed E-state index contributed by atoms with van der Waals surface area (Å²) < 4.78 is 0. The second kappa shape index (κ2) is 4.86. The Morgan fingerprint density at radius 3 is 2.56 bits per heavy atom. The topological polar surface area (TPSA) is 20.3 Å². The van der Waals surface area contributed by atoms with Gasteiger partial charge < -0.3 is 4.90 Å².